The standard InChI is InChI=1S/C19H15F2N3O2/c1-10-17(16-12(20)4-3-5-13(16)21)24(19(25)18(10)26-2)11-6-7-14-15(8-11)23-9-22-14/h3-9,17H,1-2H3,(H,22,23). The van der Waals surface area contributed by atoms with Crippen molar-refractivity contribution in [2.24, 2.45) is 0 Å². The van der Waals surface area contributed by atoms with Crippen molar-refractivity contribution in [3.63, 3.8) is 0 Å². The van der Waals surface area contributed by atoms with Crippen LogP contribution < -0.4 is 4.90 Å². The lowest BCUT2D eigenvalue weighted by molar-refractivity contribution is -0.117. The molecule has 1 aliphatic rings. The first kappa shape index (κ1) is 16.3. The maximum atomic E-state index is 14.5. The fraction of sp³-hybridized carbons (Fsp3) is 0.158. The van der Waals surface area contributed by atoms with Gasteiger partial charge in [-0.25, -0.2) is 13.8 Å². The minimum Gasteiger partial charge on any atom is -0.491 e. The van der Waals surface area contributed by atoms with E-state index in [4.69, 9.17) is 4.74 Å². The van der Waals surface area contributed by atoms with Gasteiger partial charge >= 0.3 is 0 Å². The van der Waals surface area contributed by atoms with Crippen molar-refractivity contribution in [1.29, 1.82) is 0 Å². The Kier molecular flexibility index (Phi) is 3.72. The highest BCUT2D eigenvalue weighted by molar-refractivity contribution is 6.09. The maximum Gasteiger partial charge on any atom is 0.294 e. The van der Waals surface area contributed by atoms with Crippen LogP contribution in [0, 0.1) is 11.6 Å². The molecule has 2 heterocycles. The van der Waals surface area contributed by atoms with Gasteiger partial charge in [0.15, 0.2) is 5.76 Å². The number of ether oxygens (including phenoxy) is 1. The summed E-state index contributed by atoms with van der Waals surface area (Å²) in [7, 11) is 1.37. The normalized spacial score (nSPS) is 17.5. The van der Waals surface area contributed by atoms with Gasteiger partial charge in [-0.1, -0.05) is 6.07 Å². The predicted molar refractivity (Wildman–Crippen MR) is 92.4 cm³/mol. The summed E-state index contributed by atoms with van der Waals surface area (Å²) in [6.45, 7) is 1.64. The lowest BCUT2D eigenvalue weighted by atomic mass is 9.99. The van der Waals surface area contributed by atoms with Crippen molar-refractivity contribution < 1.29 is 18.3 Å². The van der Waals surface area contributed by atoms with Gasteiger partial charge in [-0.2, -0.15) is 0 Å². The average Bonchev–Trinajstić information content (AvgIpc) is 3.17. The summed E-state index contributed by atoms with van der Waals surface area (Å²) in [5.41, 5.74) is 2.20. The van der Waals surface area contributed by atoms with Crippen LogP contribution in [-0.4, -0.2) is 23.0 Å². The molecule has 0 aliphatic carbocycles. The SMILES string of the molecule is COC1=C(C)C(c2c(F)cccc2F)N(c2ccc3nc[nH]c3c2)C1=O. The number of halogens is 2. The number of carbonyl (C=O) groups is 1. The number of H-pyrrole nitrogens is 1. The quantitative estimate of drug-likeness (QED) is 0.776. The monoisotopic (exact) mass is 355 g/mol. The molecule has 0 saturated heterocycles. The van der Waals surface area contributed by atoms with E-state index in [-0.39, 0.29) is 11.3 Å². The van der Waals surface area contributed by atoms with Crippen LogP contribution in [0.3, 0.4) is 0 Å². The molecule has 4 rings (SSSR count). The first-order chi connectivity index (χ1) is 12.5. The number of hydrogen-bond acceptors (Lipinski definition) is 3. The minimum atomic E-state index is -0.931. The maximum absolute atomic E-state index is 14.5. The topological polar surface area (TPSA) is 58.2 Å². The summed E-state index contributed by atoms with van der Waals surface area (Å²) in [6.07, 6.45) is 1.54. The number of anilines is 1. The van der Waals surface area contributed by atoms with Gasteiger partial charge in [-0.3, -0.25) is 9.69 Å². The Hall–Kier alpha value is -3.22. The summed E-state index contributed by atoms with van der Waals surface area (Å²) in [5.74, 6) is -1.79. The largest absolute Gasteiger partial charge is 0.491 e. The van der Waals surface area contributed by atoms with E-state index in [0.29, 0.717) is 16.8 Å². The highest BCUT2D eigenvalue weighted by Gasteiger charge is 2.42. The molecule has 1 aromatic heterocycles. The summed E-state index contributed by atoms with van der Waals surface area (Å²) < 4.78 is 34.2. The molecule has 3 aromatic rings. The second kappa shape index (κ2) is 5.94. The molecule has 132 valence electrons. The van der Waals surface area contributed by atoms with Crippen LogP contribution in [0.2, 0.25) is 0 Å². The van der Waals surface area contributed by atoms with Crippen molar-refractivity contribution in [2.45, 2.75) is 13.0 Å². The number of hydrogen-bond donors (Lipinski definition) is 1. The molecule has 26 heavy (non-hydrogen) atoms. The molecule has 0 bridgehead atoms. The Morgan fingerprint density at radius 2 is 1.92 bits per heavy atom. The number of imidazole rings is 1. The van der Waals surface area contributed by atoms with Crippen molar-refractivity contribution in [3.05, 3.63) is 71.3 Å². The molecule has 2 aromatic carbocycles. The first-order valence-corrected chi connectivity index (χ1v) is 7.98. The van der Waals surface area contributed by atoms with E-state index in [9.17, 15) is 13.6 Å². The van der Waals surface area contributed by atoms with Crippen LogP contribution in [-0.2, 0) is 9.53 Å². The Morgan fingerprint density at radius 1 is 1.19 bits per heavy atom. The van der Waals surface area contributed by atoms with Gasteiger partial charge in [-0.15, -0.1) is 0 Å². The summed E-state index contributed by atoms with van der Waals surface area (Å²) in [6, 6.07) is 7.87. The van der Waals surface area contributed by atoms with Crippen molar-refractivity contribution in [3.8, 4) is 0 Å². The van der Waals surface area contributed by atoms with Crippen LogP contribution in [0.1, 0.15) is 18.5 Å². The van der Waals surface area contributed by atoms with Crippen LogP contribution >= 0.6 is 0 Å². The van der Waals surface area contributed by atoms with E-state index >= 15 is 0 Å². The zero-order chi connectivity index (χ0) is 18.4. The van der Waals surface area contributed by atoms with Gasteiger partial charge in [0.1, 0.15) is 11.6 Å². The van der Waals surface area contributed by atoms with Crippen LogP contribution in [0.4, 0.5) is 14.5 Å². The number of aromatic amines is 1. The molecular weight excluding hydrogens is 340 g/mol. The van der Waals surface area contributed by atoms with Gasteiger partial charge in [0.25, 0.3) is 5.91 Å². The van der Waals surface area contributed by atoms with E-state index in [0.717, 1.165) is 5.52 Å². The van der Waals surface area contributed by atoms with Gasteiger partial charge in [-0.05, 0) is 37.3 Å². The van der Waals surface area contributed by atoms with Gasteiger partial charge < -0.3 is 9.72 Å². The van der Waals surface area contributed by atoms with E-state index in [1.165, 1.54) is 30.2 Å². The lowest BCUT2D eigenvalue weighted by Gasteiger charge is -2.27. The summed E-state index contributed by atoms with van der Waals surface area (Å²) in [5, 5.41) is 0. The number of methoxy groups -OCH3 is 1. The summed E-state index contributed by atoms with van der Waals surface area (Å²) in [4.78, 5) is 21.4. The highest BCUT2D eigenvalue weighted by Crippen LogP contribution is 2.43. The number of amides is 1. The van der Waals surface area contributed by atoms with E-state index < -0.39 is 23.6 Å². The molecule has 1 unspecified atom stereocenters. The second-order valence-corrected chi connectivity index (χ2v) is 6.03. The van der Waals surface area contributed by atoms with Crippen LogP contribution in [0.15, 0.2) is 54.1 Å². The van der Waals surface area contributed by atoms with Gasteiger partial charge in [0.2, 0.25) is 0 Å². The molecule has 0 radical (unpaired) electrons. The third-order valence-electron chi connectivity index (χ3n) is 4.60. The fourth-order valence-corrected chi connectivity index (χ4v) is 3.42. The Morgan fingerprint density at radius 3 is 2.62 bits per heavy atom. The summed E-state index contributed by atoms with van der Waals surface area (Å²) >= 11 is 0. The third kappa shape index (κ3) is 2.28. The van der Waals surface area contributed by atoms with Gasteiger partial charge in [0.05, 0.1) is 36.1 Å². The molecule has 1 N–H and O–H groups in total. The van der Waals surface area contributed by atoms with Gasteiger partial charge in [0, 0.05) is 11.3 Å². The molecule has 0 fully saturated rings. The smallest absolute Gasteiger partial charge is 0.294 e. The average molecular weight is 355 g/mol. The molecule has 5 nitrogen and oxygen atoms in total. The molecule has 1 amide bonds. The number of carbonyl (C=O) groups excluding carboxylic acids is 1. The van der Waals surface area contributed by atoms with E-state index in [2.05, 4.69) is 9.97 Å². The molecule has 1 atom stereocenters. The Labute approximate surface area is 147 Å². The Balaban J connectivity index is 1.92. The van der Waals surface area contributed by atoms with Crippen molar-refractivity contribution in [2.75, 3.05) is 12.0 Å². The van der Waals surface area contributed by atoms with Crippen molar-refractivity contribution >= 4 is 22.6 Å². The first-order valence-electron chi connectivity index (χ1n) is 7.98. The predicted octanol–water partition coefficient (Wildman–Crippen LogP) is 3.85. The Bertz CT molecular complexity index is 1040. The van der Waals surface area contributed by atoms with E-state index in [1.807, 2.05) is 0 Å². The number of fused-ring (bicyclic) bond motifs is 1. The number of benzene rings is 2. The fourth-order valence-electron chi connectivity index (χ4n) is 3.42. The van der Waals surface area contributed by atoms with Crippen LogP contribution in [0.5, 0.6) is 0 Å². The third-order valence-corrected chi connectivity index (χ3v) is 4.60. The zero-order valence-electron chi connectivity index (χ0n) is 14.1. The molecule has 1 aliphatic heterocycles. The number of rotatable bonds is 3. The molecule has 7 heteroatoms. The second-order valence-electron chi connectivity index (χ2n) is 6.03. The number of nitrogens with zero attached hydrogens (tertiary/aromatic N) is 2. The highest BCUT2D eigenvalue weighted by atomic mass is 19.1. The zero-order valence-corrected chi connectivity index (χ0v) is 14.1. The lowest BCUT2D eigenvalue weighted by Crippen LogP contribution is -2.31. The molecule has 0 saturated carbocycles. The molecular formula is C19H15F2N3O2. The number of aromatic nitrogens is 2. The van der Waals surface area contributed by atoms with E-state index in [1.54, 1.807) is 31.5 Å². The molecule has 0 spiro atoms. The van der Waals surface area contributed by atoms with Crippen LogP contribution in [0.25, 0.3) is 11.0 Å². The van der Waals surface area contributed by atoms with Crippen molar-refractivity contribution in [1.82, 2.24) is 9.97 Å². The number of nitrogens with one attached hydrogen (secondary N) is 1. The minimum absolute atomic E-state index is 0.0855.